The largest absolute Gasteiger partial charge is 0.490 e. The molecule has 2 aromatic rings. The number of carbonyl (C=O) groups excluding carboxylic acids is 3. The summed E-state index contributed by atoms with van der Waals surface area (Å²) in [6.45, 7) is 4.52. The van der Waals surface area contributed by atoms with E-state index in [1.807, 2.05) is 19.9 Å². The summed E-state index contributed by atoms with van der Waals surface area (Å²) < 4.78 is 12.1. The van der Waals surface area contributed by atoms with E-state index in [1.165, 1.54) is 0 Å². The van der Waals surface area contributed by atoms with Gasteiger partial charge in [0, 0.05) is 5.69 Å². The summed E-state index contributed by atoms with van der Waals surface area (Å²) >= 11 is 4.29. The number of hydrogen-bond donors (Lipinski definition) is 1. The van der Waals surface area contributed by atoms with E-state index in [1.54, 1.807) is 42.5 Å². The third kappa shape index (κ3) is 5.92. The number of benzene rings is 2. The molecule has 0 radical (unpaired) electrons. The smallest absolute Gasteiger partial charge is 0.294 e. The molecule has 168 valence electrons. The maximum Gasteiger partial charge on any atom is 0.294 e. The van der Waals surface area contributed by atoms with E-state index in [0.717, 1.165) is 23.1 Å². The summed E-state index contributed by atoms with van der Waals surface area (Å²) in [4.78, 5) is 38.6. The number of rotatable bonds is 9. The second-order valence-corrected chi connectivity index (χ2v) is 8.64. The number of imide groups is 1. The van der Waals surface area contributed by atoms with E-state index in [4.69, 9.17) is 9.47 Å². The Kier molecular flexibility index (Phi) is 8.35. The van der Waals surface area contributed by atoms with Crippen molar-refractivity contribution in [1.29, 1.82) is 0 Å². The van der Waals surface area contributed by atoms with Crippen LogP contribution in [0.3, 0.4) is 0 Å². The van der Waals surface area contributed by atoms with Crippen LogP contribution in [0.15, 0.2) is 51.8 Å². The van der Waals surface area contributed by atoms with Gasteiger partial charge in [-0.05, 0) is 76.9 Å². The molecule has 0 unspecified atom stereocenters. The third-order valence-electron chi connectivity index (χ3n) is 4.31. The summed E-state index contributed by atoms with van der Waals surface area (Å²) in [6, 6.07) is 12.4. The lowest BCUT2D eigenvalue weighted by atomic mass is 10.2. The first-order valence-corrected chi connectivity index (χ1v) is 11.7. The summed E-state index contributed by atoms with van der Waals surface area (Å²) in [5.41, 5.74) is 1.27. The quantitative estimate of drug-likeness (QED) is 0.452. The Morgan fingerprint density at radius 2 is 1.91 bits per heavy atom. The van der Waals surface area contributed by atoms with Crippen LogP contribution in [0.2, 0.25) is 0 Å². The average Bonchev–Trinajstić information content (AvgIpc) is 3.01. The van der Waals surface area contributed by atoms with Crippen LogP contribution in [0.4, 0.5) is 10.5 Å². The summed E-state index contributed by atoms with van der Waals surface area (Å²) in [7, 11) is 0. The van der Waals surface area contributed by atoms with E-state index in [0.29, 0.717) is 40.4 Å². The Balaban J connectivity index is 1.77. The number of ether oxygens (including phenoxy) is 2. The molecule has 1 heterocycles. The van der Waals surface area contributed by atoms with Gasteiger partial charge in [0.25, 0.3) is 11.1 Å². The predicted octanol–water partition coefficient (Wildman–Crippen LogP) is 5.31. The number of amides is 3. The molecular formula is C23H23BrN2O5S. The molecule has 7 nitrogen and oxygen atoms in total. The number of halogens is 1. The Bertz CT molecular complexity index is 1040. The lowest BCUT2D eigenvalue weighted by Crippen LogP contribution is -2.36. The van der Waals surface area contributed by atoms with Gasteiger partial charge in [0.15, 0.2) is 11.5 Å². The van der Waals surface area contributed by atoms with Crippen molar-refractivity contribution in [3.63, 3.8) is 0 Å². The fraction of sp³-hybridized carbons (Fsp3) is 0.261. The zero-order chi connectivity index (χ0) is 23.1. The first-order chi connectivity index (χ1) is 15.4. The standard InChI is InChI=1S/C23H23BrN2O5S/c1-3-10-31-21-17(24)11-15(12-18(21)30-4-2)13-19-22(28)26(23(29)32-19)14-20(27)25-16-8-6-5-7-9-16/h5-9,11-13H,3-4,10,14H2,1-2H3,(H,25,27)/b19-13-. The minimum absolute atomic E-state index is 0.235. The number of hydrogen-bond acceptors (Lipinski definition) is 6. The first kappa shape index (κ1) is 23.9. The molecule has 0 atom stereocenters. The highest BCUT2D eigenvalue weighted by Crippen LogP contribution is 2.39. The van der Waals surface area contributed by atoms with Crippen LogP contribution in [0, 0.1) is 0 Å². The molecule has 0 bridgehead atoms. The van der Waals surface area contributed by atoms with E-state index >= 15 is 0 Å². The van der Waals surface area contributed by atoms with Gasteiger partial charge in [0.05, 0.1) is 22.6 Å². The highest BCUT2D eigenvalue weighted by molar-refractivity contribution is 9.10. The van der Waals surface area contributed by atoms with Crippen LogP contribution in [0.5, 0.6) is 11.5 Å². The normalized spacial score (nSPS) is 14.7. The van der Waals surface area contributed by atoms with Crippen molar-refractivity contribution in [2.75, 3.05) is 25.1 Å². The maximum atomic E-state index is 12.8. The molecule has 1 N–H and O–H groups in total. The Morgan fingerprint density at radius 1 is 1.16 bits per heavy atom. The van der Waals surface area contributed by atoms with Crippen LogP contribution < -0.4 is 14.8 Å². The van der Waals surface area contributed by atoms with Crippen LogP contribution in [-0.4, -0.2) is 41.7 Å². The number of anilines is 1. The second-order valence-electron chi connectivity index (χ2n) is 6.79. The highest BCUT2D eigenvalue weighted by Gasteiger charge is 2.36. The molecule has 0 spiro atoms. The molecule has 3 amide bonds. The summed E-state index contributed by atoms with van der Waals surface area (Å²) in [6.07, 6.45) is 2.46. The molecule has 0 aliphatic carbocycles. The molecule has 1 saturated heterocycles. The number of thioether (sulfide) groups is 1. The average molecular weight is 519 g/mol. The van der Waals surface area contributed by atoms with Gasteiger partial charge < -0.3 is 14.8 Å². The van der Waals surface area contributed by atoms with Gasteiger partial charge in [-0.15, -0.1) is 0 Å². The Hall–Kier alpha value is -2.78. The summed E-state index contributed by atoms with van der Waals surface area (Å²) in [5, 5.41) is 2.19. The van der Waals surface area contributed by atoms with E-state index in [-0.39, 0.29) is 11.4 Å². The highest BCUT2D eigenvalue weighted by atomic mass is 79.9. The zero-order valence-electron chi connectivity index (χ0n) is 17.7. The van der Waals surface area contributed by atoms with Gasteiger partial charge in [-0.3, -0.25) is 19.3 Å². The maximum absolute atomic E-state index is 12.8. The SMILES string of the molecule is CCCOc1c(Br)cc(/C=C2\SC(=O)N(CC(=O)Nc3ccccc3)C2=O)cc1OCC. The van der Waals surface area contributed by atoms with Crippen molar-refractivity contribution in [3.8, 4) is 11.5 Å². The van der Waals surface area contributed by atoms with Crippen molar-refractivity contribution in [1.82, 2.24) is 4.90 Å². The molecule has 1 fully saturated rings. The van der Waals surface area contributed by atoms with Crippen molar-refractivity contribution >= 4 is 56.5 Å². The molecule has 32 heavy (non-hydrogen) atoms. The lowest BCUT2D eigenvalue weighted by molar-refractivity contribution is -0.127. The van der Waals surface area contributed by atoms with Gasteiger partial charge in [0.2, 0.25) is 5.91 Å². The molecule has 0 aromatic heterocycles. The first-order valence-electron chi connectivity index (χ1n) is 10.1. The number of nitrogens with zero attached hydrogens (tertiary/aromatic N) is 1. The van der Waals surface area contributed by atoms with Gasteiger partial charge in [-0.2, -0.15) is 0 Å². The van der Waals surface area contributed by atoms with Crippen molar-refractivity contribution in [2.45, 2.75) is 20.3 Å². The van der Waals surface area contributed by atoms with Crippen LogP contribution in [0.1, 0.15) is 25.8 Å². The topological polar surface area (TPSA) is 84.9 Å². The third-order valence-corrected chi connectivity index (χ3v) is 5.81. The minimum Gasteiger partial charge on any atom is -0.490 e. The van der Waals surface area contributed by atoms with Gasteiger partial charge in [-0.1, -0.05) is 25.1 Å². The fourth-order valence-corrected chi connectivity index (χ4v) is 4.34. The predicted molar refractivity (Wildman–Crippen MR) is 129 cm³/mol. The van der Waals surface area contributed by atoms with Crippen molar-refractivity contribution < 1.29 is 23.9 Å². The Labute approximate surface area is 199 Å². The molecule has 1 aliphatic heterocycles. The van der Waals surface area contributed by atoms with Gasteiger partial charge in [-0.25, -0.2) is 0 Å². The van der Waals surface area contributed by atoms with Gasteiger partial charge >= 0.3 is 0 Å². The second kappa shape index (κ2) is 11.2. The van der Waals surface area contributed by atoms with E-state index < -0.39 is 17.1 Å². The molecule has 2 aromatic carbocycles. The zero-order valence-corrected chi connectivity index (χ0v) is 20.1. The summed E-state index contributed by atoms with van der Waals surface area (Å²) in [5.74, 6) is 0.182. The number of para-hydroxylation sites is 1. The fourth-order valence-electron chi connectivity index (χ4n) is 2.93. The van der Waals surface area contributed by atoms with E-state index in [9.17, 15) is 14.4 Å². The van der Waals surface area contributed by atoms with E-state index in [2.05, 4.69) is 21.2 Å². The number of carbonyl (C=O) groups is 3. The van der Waals surface area contributed by atoms with Crippen LogP contribution in [0.25, 0.3) is 6.08 Å². The monoisotopic (exact) mass is 518 g/mol. The number of nitrogens with one attached hydrogen (secondary N) is 1. The Morgan fingerprint density at radius 3 is 2.59 bits per heavy atom. The van der Waals surface area contributed by atoms with Crippen LogP contribution in [-0.2, 0) is 9.59 Å². The molecule has 3 rings (SSSR count). The van der Waals surface area contributed by atoms with Crippen molar-refractivity contribution in [3.05, 3.63) is 57.4 Å². The van der Waals surface area contributed by atoms with Crippen molar-refractivity contribution in [2.24, 2.45) is 0 Å². The minimum atomic E-state index is -0.511. The lowest BCUT2D eigenvalue weighted by Gasteiger charge is -2.14. The molecule has 1 aliphatic rings. The molecular weight excluding hydrogens is 496 g/mol. The van der Waals surface area contributed by atoms with Crippen LogP contribution >= 0.6 is 27.7 Å². The molecule has 0 saturated carbocycles. The molecule has 9 heteroatoms. The van der Waals surface area contributed by atoms with Gasteiger partial charge in [0.1, 0.15) is 6.54 Å².